The topological polar surface area (TPSA) is 97.4 Å². The second-order valence-electron chi connectivity index (χ2n) is 11.9. The van der Waals surface area contributed by atoms with Gasteiger partial charge in [0.05, 0.1) is 23.8 Å². The van der Waals surface area contributed by atoms with Crippen LogP contribution < -0.4 is 10.6 Å². The summed E-state index contributed by atoms with van der Waals surface area (Å²) in [5.41, 5.74) is 1.87. The number of rotatable bonds is 6. The Hall–Kier alpha value is -4.93. The maximum atomic E-state index is 16.2. The molecule has 11 heteroatoms. The molecule has 1 saturated heterocycles. The van der Waals surface area contributed by atoms with Crippen LogP contribution in [0.3, 0.4) is 0 Å². The van der Waals surface area contributed by atoms with E-state index in [1.807, 2.05) is 45.6 Å². The van der Waals surface area contributed by atoms with Crippen LogP contribution in [0.4, 0.5) is 14.6 Å². The van der Waals surface area contributed by atoms with Crippen molar-refractivity contribution in [3.05, 3.63) is 94.4 Å². The second-order valence-corrected chi connectivity index (χ2v) is 11.9. The highest BCUT2D eigenvalue weighted by Gasteiger charge is 2.34. The molecule has 1 fully saturated rings. The maximum Gasteiger partial charge on any atom is 0.351 e. The molecule has 9 nitrogen and oxygen atoms in total. The van der Waals surface area contributed by atoms with Crippen molar-refractivity contribution in [3.63, 3.8) is 0 Å². The number of aryl methyl sites for hydroxylation is 1. The zero-order valence-electron chi connectivity index (χ0n) is 25.8. The summed E-state index contributed by atoms with van der Waals surface area (Å²) in [4.78, 5) is 43.8. The first-order chi connectivity index (χ1) is 21.5. The number of halogens is 2. The van der Waals surface area contributed by atoms with Gasteiger partial charge in [0.1, 0.15) is 28.6 Å². The van der Waals surface area contributed by atoms with E-state index in [1.165, 1.54) is 29.0 Å². The van der Waals surface area contributed by atoms with Crippen molar-refractivity contribution in [2.75, 3.05) is 18.0 Å². The molecule has 5 heterocycles. The molecule has 0 spiro atoms. The van der Waals surface area contributed by atoms with Gasteiger partial charge in [-0.05, 0) is 74.2 Å². The molecule has 1 aromatic carbocycles. The van der Waals surface area contributed by atoms with Crippen molar-refractivity contribution in [1.82, 2.24) is 24.4 Å². The first kappa shape index (κ1) is 30.1. The summed E-state index contributed by atoms with van der Waals surface area (Å²) >= 11 is 0. The molecule has 0 bridgehead atoms. The number of nitrogens with zero attached hydrogens (tertiary/aromatic N) is 6. The van der Waals surface area contributed by atoms with E-state index in [4.69, 9.17) is 4.42 Å². The van der Waals surface area contributed by atoms with Crippen LogP contribution in [0.1, 0.15) is 50.4 Å². The lowest BCUT2D eigenvalue weighted by Crippen LogP contribution is -2.58. The van der Waals surface area contributed by atoms with Gasteiger partial charge in [0.2, 0.25) is 5.91 Å². The number of anilines is 1. The Morgan fingerprint density at radius 2 is 1.89 bits per heavy atom. The first-order valence-electron chi connectivity index (χ1n) is 14.9. The van der Waals surface area contributed by atoms with Crippen molar-refractivity contribution in [2.45, 2.75) is 59.2 Å². The van der Waals surface area contributed by atoms with Gasteiger partial charge >= 0.3 is 5.69 Å². The number of aromatic nitrogens is 4. The van der Waals surface area contributed by atoms with Crippen molar-refractivity contribution in [1.29, 1.82) is 0 Å². The van der Waals surface area contributed by atoms with Crippen LogP contribution in [-0.2, 0) is 11.3 Å². The number of furan rings is 1. The van der Waals surface area contributed by atoms with Crippen molar-refractivity contribution < 1.29 is 18.0 Å². The van der Waals surface area contributed by atoms with E-state index < -0.39 is 17.3 Å². The van der Waals surface area contributed by atoms with E-state index in [0.29, 0.717) is 18.5 Å². The maximum absolute atomic E-state index is 16.2. The SMILES string of the molecule is C=CC(=O)N1C[C@H](C)N(c2nc(=O)n(Cc3c(C)ccnc3C(C)C)c3nc(-c4c(F)ccc5ccoc45)c(F)cc23)C[C@H]1C. The first-order valence-corrected chi connectivity index (χ1v) is 14.9. The number of carbonyl (C=O) groups excluding carboxylic acids is 1. The van der Waals surface area contributed by atoms with E-state index in [-0.39, 0.29) is 64.1 Å². The van der Waals surface area contributed by atoms with Crippen LogP contribution in [0.2, 0.25) is 0 Å². The van der Waals surface area contributed by atoms with Crippen LogP contribution in [0, 0.1) is 18.6 Å². The molecule has 45 heavy (non-hydrogen) atoms. The summed E-state index contributed by atoms with van der Waals surface area (Å²) in [7, 11) is 0. The molecule has 0 unspecified atom stereocenters. The van der Waals surface area contributed by atoms with Gasteiger partial charge in [-0.15, -0.1) is 0 Å². The third-order valence-electron chi connectivity index (χ3n) is 8.59. The van der Waals surface area contributed by atoms with Gasteiger partial charge in [-0.2, -0.15) is 4.98 Å². The standard InChI is InChI=1S/C34H34F2N6O3/c1-7-27(43)40-15-21(6)41(16-20(40)5)33-23-14-26(36)30(28-25(35)9-8-22-11-13-45-31(22)28)38-32(23)42(34(44)39-33)17-24-19(4)10-12-37-29(24)18(2)3/h7-14,18,20-21H,1,15-17H2,2-6H3/t20-,21+/m1/s1. The normalized spacial score (nSPS) is 17.1. The molecular formula is C34H34F2N6O3. The number of amides is 1. The van der Waals surface area contributed by atoms with Gasteiger partial charge < -0.3 is 14.2 Å². The average Bonchev–Trinajstić information content (AvgIpc) is 3.48. The molecule has 232 valence electrons. The molecule has 1 aliphatic rings. The minimum atomic E-state index is -0.792. The zero-order valence-corrected chi connectivity index (χ0v) is 25.8. The highest BCUT2D eigenvalue weighted by atomic mass is 19.1. The van der Waals surface area contributed by atoms with Gasteiger partial charge in [0.25, 0.3) is 0 Å². The largest absolute Gasteiger partial charge is 0.464 e. The molecule has 0 radical (unpaired) electrons. The van der Waals surface area contributed by atoms with E-state index in [2.05, 4.69) is 21.5 Å². The lowest BCUT2D eigenvalue weighted by molar-refractivity contribution is -0.128. The summed E-state index contributed by atoms with van der Waals surface area (Å²) in [5.74, 6) is -1.38. The number of piperazine rings is 1. The Bertz CT molecular complexity index is 2030. The Kier molecular flexibility index (Phi) is 7.72. The summed E-state index contributed by atoms with van der Waals surface area (Å²) in [6.07, 6.45) is 4.41. The molecule has 0 saturated carbocycles. The van der Waals surface area contributed by atoms with E-state index in [0.717, 1.165) is 16.8 Å². The number of benzene rings is 1. The summed E-state index contributed by atoms with van der Waals surface area (Å²) < 4.78 is 38.5. The van der Waals surface area contributed by atoms with Gasteiger partial charge in [-0.1, -0.05) is 20.4 Å². The average molecular weight is 613 g/mol. The highest BCUT2D eigenvalue weighted by Crippen LogP contribution is 2.36. The monoisotopic (exact) mass is 612 g/mol. The molecule has 1 aliphatic heterocycles. The molecule has 5 aromatic rings. The van der Waals surface area contributed by atoms with Gasteiger partial charge in [-0.3, -0.25) is 14.3 Å². The minimum absolute atomic E-state index is 0.0672. The zero-order chi connectivity index (χ0) is 32.2. The van der Waals surface area contributed by atoms with E-state index >= 15 is 8.78 Å². The van der Waals surface area contributed by atoms with Crippen molar-refractivity contribution in [2.24, 2.45) is 0 Å². The smallest absolute Gasteiger partial charge is 0.351 e. The van der Waals surface area contributed by atoms with Crippen molar-refractivity contribution in [3.8, 4) is 11.3 Å². The third-order valence-corrected chi connectivity index (χ3v) is 8.59. The summed E-state index contributed by atoms with van der Waals surface area (Å²) in [6, 6.07) is 7.08. The fraction of sp³-hybridized carbons (Fsp3) is 0.324. The number of carbonyl (C=O) groups is 1. The Labute approximate surface area is 258 Å². The van der Waals surface area contributed by atoms with Crippen LogP contribution in [0.25, 0.3) is 33.3 Å². The van der Waals surface area contributed by atoms with Crippen LogP contribution in [0.15, 0.2) is 64.7 Å². The molecule has 0 N–H and O–H groups in total. The van der Waals surface area contributed by atoms with E-state index in [1.54, 1.807) is 23.2 Å². The second kappa shape index (κ2) is 11.5. The third kappa shape index (κ3) is 5.15. The summed E-state index contributed by atoms with van der Waals surface area (Å²) in [6.45, 7) is 14.2. The molecular weight excluding hydrogens is 578 g/mol. The lowest BCUT2D eigenvalue weighted by Gasteiger charge is -2.44. The number of pyridine rings is 2. The van der Waals surface area contributed by atoms with Gasteiger partial charge in [0, 0.05) is 42.5 Å². The highest BCUT2D eigenvalue weighted by molar-refractivity contribution is 5.95. The predicted octanol–water partition coefficient (Wildman–Crippen LogP) is 5.97. The molecule has 1 amide bonds. The Morgan fingerprint density at radius 1 is 1.11 bits per heavy atom. The quantitative estimate of drug-likeness (QED) is 0.218. The number of fused-ring (bicyclic) bond motifs is 2. The summed E-state index contributed by atoms with van der Waals surface area (Å²) in [5, 5.41) is 0.876. The van der Waals surface area contributed by atoms with Crippen molar-refractivity contribution >= 4 is 33.7 Å². The predicted molar refractivity (Wildman–Crippen MR) is 169 cm³/mol. The number of hydrogen-bond donors (Lipinski definition) is 0. The molecule has 0 aliphatic carbocycles. The van der Waals surface area contributed by atoms with E-state index in [9.17, 15) is 9.59 Å². The molecule has 6 rings (SSSR count). The molecule has 4 aromatic heterocycles. The van der Waals surface area contributed by atoms with Crippen LogP contribution in [-0.4, -0.2) is 55.5 Å². The van der Waals surface area contributed by atoms with Gasteiger partial charge in [0.15, 0.2) is 5.82 Å². The number of hydrogen-bond acceptors (Lipinski definition) is 7. The minimum Gasteiger partial charge on any atom is -0.464 e. The lowest BCUT2D eigenvalue weighted by atomic mass is 9.99. The van der Waals surface area contributed by atoms with Gasteiger partial charge in [-0.25, -0.2) is 18.6 Å². The van der Waals surface area contributed by atoms with Crippen LogP contribution >= 0.6 is 0 Å². The Morgan fingerprint density at radius 3 is 2.62 bits per heavy atom. The fourth-order valence-electron chi connectivity index (χ4n) is 6.23. The molecule has 2 atom stereocenters. The fourth-order valence-corrected chi connectivity index (χ4v) is 6.23. The Balaban J connectivity index is 1.61. The van der Waals surface area contributed by atoms with Crippen LogP contribution in [0.5, 0.6) is 0 Å².